The zero-order valence-electron chi connectivity index (χ0n) is 21.7. The van der Waals surface area contributed by atoms with E-state index in [4.69, 9.17) is 4.74 Å². The van der Waals surface area contributed by atoms with Gasteiger partial charge >= 0.3 is 0 Å². The Labute approximate surface area is 230 Å². The number of nitrogens with zero attached hydrogens (tertiary/aromatic N) is 1. The number of rotatable bonds is 9. The Kier molecular flexibility index (Phi) is 8.10. The predicted octanol–water partition coefficient (Wildman–Crippen LogP) is 5.56. The van der Waals surface area contributed by atoms with Crippen molar-refractivity contribution >= 4 is 21.6 Å². The van der Waals surface area contributed by atoms with Gasteiger partial charge < -0.3 is 10.1 Å². The van der Waals surface area contributed by atoms with Gasteiger partial charge in [0.05, 0.1) is 22.7 Å². The van der Waals surface area contributed by atoms with Gasteiger partial charge in [0.1, 0.15) is 0 Å². The molecule has 7 heteroatoms. The monoisotopic (exact) mass is 540 g/mol. The van der Waals surface area contributed by atoms with Crippen molar-refractivity contribution in [3.8, 4) is 0 Å². The lowest BCUT2D eigenvalue weighted by atomic mass is 9.74. The number of ether oxygens (including phenoxy) is 1. The maximum Gasteiger partial charge on any atom is 0.264 e. The Morgan fingerprint density at radius 1 is 0.769 bits per heavy atom. The van der Waals surface area contributed by atoms with E-state index in [0.29, 0.717) is 31.0 Å². The van der Waals surface area contributed by atoms with Crippen LogP contribution >= 0.6 is 0 Å². The summed E-state index contributed by atoms with van der Waals surface area (Å²) in [5.41, 5.74) is 2.38. The van der Waals surface area contributed by atoms with Crippen LogP contribution in [0.2, 0.25) is 0 Å². The van der Waals surface area contributed by atoms with Gasteiger partial charge in [0.15, 0.2) is 0 Å². The highest BCUT2D eigenvalue weighted by Crippen LogP contribution is 2.35. The largest absolute Gasteiger partial charge is 0.381 e. The van der Waals surface area contributed by atoms with Gasteiger partial charge in [-0.15, -0.1) is 0 Å². The van der Waals surface area contributed by atoms with Crippen LogP contribution in [-0.4, -0.2) is 34.1 Å². The number of anilines is 1. The van der Waals surface area contributed by atoms with Gasteiger partial charge in [-0.3, -0.25) is 9.10 Å². The van der Waals surface area contributed by atoms with Crippen molar-refractivity contribution in [2.24, 2.45) is 0 Å². The van der Waals surface area contributed by atoms with Crippen molar-refractivity contribution in [3.63, 3.8) is 0 Å². The first kappa shape index (κ1) is 26.7. The molecule has 1 heterocycles. The number of sulfonamides is 1. The maximum atomic E-state index is 13.9. The van der Waals surface area contributed by atoms with E-state index < -0.39 is 10.0 Å². The molecular formula is C32H32N2O4S. The molecule has 1 fully saturated rings. The lowest BCUT2D eigenvalue weighted by Gasteiger charge is -2.38. The molecular weight excluding hydrogens is 508 g/mol. The second-order valence-electron chi connectivity index (χ2n) is 9.77. The van der Waals surface area contributed by atoms with Crippen molar-refractivity contribution in [2.75, 3.05) is 24.1 Å². The molecule has 0 unspecified atom stereocenters. The molecule has 4 aromatic carbocycles. The van der Waals surface area contributed by atoms with E-state index in [9.17, 15) is 13.2 Å². The molecule has 1 saturated heterocycles. The highest BCUT2D eigenvalue weighted by molar-refractivity contribution is 7.92. The van der Waals surface area contributed by atoms with Gasteiger partial charge in [0, 0.05) is 25.2 Å². The van der Waals surface area contributed by atoms with Crippen LogP contribution in [0.1, 0.15) is 34.3 Å². The number of para-hydroxylation sites is 1. The van der Waals surface area contributed by atoms with Gasteiger partial charge in [-0.25, -0.2) is 8.42 Å². The molecule has 1 aliphatic rings. The van der Waals surface area contributed by atoms with E-state index in [1.165, 1.54) is 9.87 Å². The van der Waals surface area contributed by atoms with Gasteiger partial charge in [0.25, 0.3) is 15.9 Å². The number of carbonyl (C=O) groups excluding carboxylic acids is 1. The van der Waals surface area contributed by atoms with Crippen LogP contribution in [0.25, 0.3) is 0 Å². The third-order valence-corrected chi connectivity index (χ3v) is 9.11. The molecule has 4 aromatic rings. The molecule has 0 aliphatic carbocycles. The highest BCUT2D eigenvalue weighted by Gasteiger charge is 2.35. The molecule has 6 nitrogen and oxygen atoms in total. The van der Waals surface area contributed by atoms with E-state index in [0.717, 1.165) is 18.4 Å². The number of amides is 1. The smallest absolute Gasteiger partial charge is 0.264 e. The lowest BCUT2D eigenvalue weighted by Crippen LogP contribution is -2.45. The summed E-state index contributed by atoms with van der Waals surface area (Å²) in [6.07, 6.45) is 1.59. The summed E-state index contributed by atoms with van der Waals surface area (Å²) in [7, 11) is -3.96. The van der Waals surface area contributed by atoms with E-state index in [1.807, 2.05) is 48.5 Å². The van der Waals surface area contributed by atoms with Crippen LogP contribution in [0.4, 0.5) is 5.69 Å². The second-order valence-corrected chi connectivity index (χ2v) is 11.6. The predicted molar refractivity (Wildman–Crippen MR) is 153 cm³/mol. The fourth-order valence-corrected chi connectivity index (χ4v) is 6.61. The lowest BCUT2D eigenvalue weighted by molar-refractivity contribution is 0.0487. The average Bonchev–Trinajstić information content (AvgIpc) is 3.00. The zero-order chi connectivity index (χ0) is 27.1. The minimum atomic E-state index is -3.96. The molecule has 200 valence electrons. The molecule has 0 atom stereocenters. The molecule has 5 rings (SSSR count). The second kappa shape index (κ2) is 11.8. The molecule has 0 spiro atoms. The molecule has 1 amide bonds. The topological polar surface area (TPSA) is 75.7 Å². The van der Waals surface area contributed by atoms with Crippen LogP contribution in [0.15, 0.2) is 120 Å². The third kappa shape index (κ3) is 5.90. The standard InChI is InChI=1S/C32H32N2O4S/c35-31(33-25-32(20-22-38-23-21-32)27-14-6-2-7-15-27)29-18-10-11-19-30(29)34(24-26-12-4-1-5-13-26)39(36,37)28-16-8-3-9-17-28/h1-19H,20-25H2,(H,33,35). The van der Waals surface area contributed by atoms with Crippen LogP contribution in [0, 0.1) is 0 Å². The van der Waals surface area contributed by atoms with E-state index in [-0.39, 0.29) is 22.8 Å². The number of hydrogen-bond acceptors (Lipinski definition) is 4. The molecule has 0 aromatic heterocycles. The number of benzene rings is 4. The molecule has 0 saturated carbocycles. The molecule has 0 bridgehead atoms. The van der Waals surface area contributed by atoms with Crippen LogP contribution in [0.3, 0.4) is 0 Å². The van der Waals surface area contributed by atoms with E-state index in [1.54, 1.807) is 54.6 Å². The first-order chi connectivity index (χ1) is 19.0. The Hall–Kier alpha value is -3.94. The fourth-order valence-electron chi connectivity index (χ4n) is 5.12. The van der Waals surface area contributed by atoms with Crippen LogP contribution in [-0.2, 0) is 26.7 Å². The third-order valence-electron chi connectivity index (χ3n) is 7.34. The molecule has 1 aliphatic heterocycles. The summed E-state index contributed by atoms with van der Waals surface area (Å²) in [5.74, 6) is -0.311. The minimum Gasteiger partial charge on any atom is -0.381 e. The van der Waals surface area contributed by atoms with Gasteiger partial charge in [-0.05, 0) is 48.2 Å². The minimum absolute atomic E-state index is 0.0909. The Morgan fingerprint density at radius 3 is 2.00 bits per heavy atom. The van der Waals surface area contributed by atoms with E-state index >= 15 is 0 Å². The number of hydrogen-bond donors (Lipinski definition) is 1. The normalized spacial score (nSPS) is 14.9. The summed E-state index contributed by atoms with van der Waals surface area (Å²) in [6, 6.07) is 34.8. The van der Waals surface area contributed by atoms with Crippen molar-refractivity contribution < 1.29 is 17.9 Å². The van der Waals surface area contributed by atoms with Crippen molar-refractivity contribution in [1.82, 2.24) is 5.32 Å². The fraction of sp³-hybridized carbons (Fsp3) is 0.219. The molecule has 1 N–H and O–H groups in total. The van der Waals surface area contributed by atoms with Gasteiger partial charge in [-0.1, -0.05) is 91.0 Å². The van der Waals surface area contributed by atoms with Gasteiger partial charge in [-0.2, -0.15) is 0 Å². The number of nitrogens with one attached hydrogen (secondary N) is 1. The Bertz CT molecular complexity index is 1490. The summed E-state index contributed by atoms with van der Waals surface area (Å²) in [6.45, 7) is 1.77. The zero-order valence-corrected chi connectivity index (χ0v) is 22.5. The first-order valence-electron chi connectivity index (χ1n) is 13.1. The first-order valence-corrected chi connectivity index (χ1v) is 14.6. The summed E-state index contributed by atoms with van der Waals surface area (Å²) in [5, 5.41) is 3.14. The van der Waals surface area contributed by atoms with Crippen molar-refractivity contribution in [3.05, 3.63) is 132 Å². The summed E-state index contributed by atoms with van der Waals surface area (Å²) >= 11 is 0. The Balaban J connectivity index is 1.49. The van der Waals surface area contributed by atoms with Crippen LogP contribution < -0.4 is 9.62 Å². The quantitative estimate of drug-likeness (QED) is 0.302. The summed E-state index contributed by atoms with van der Waals surface area (Å²) < 4.78 is 34.8. The summed E-state index contributed by atoms with van der Waals surface area (Å²) in [4.78, 5) is 13.9. The highest BCUT2D eigenvalue weighted by atomic mass is 32.2. The van der Waals surface area contributed by atoms with Crippen molar-refractivity contribution in [2.45, 2.75) is 29.7 Å². The molecule has 39 heavy (non-hydrogen) atoms. The average molecular weight is 541 g/mol. The van der Waals surface area contributed by atoms with Crippen molar-refractivity contribution in [1.29, 1.82) is 0 Å². The maximum absolute atomic E-state index is 13.9. The van der Waals surface area contributed by atoms with Crippen LogP contribution in [0.5, 0.6) is 0 Å². The Morgan fingerprint density at radius 2 is 1.33 bits per heavy atom. The molecule has 0 radical (unpaired) electrons. The number of carbonyl (C=O) groups is 1. The van der Waals surface area contributed by atoms with E-state index in [2.05, 4.69) is 17.4 Å². The SMILES string of the molecule is O=C(NCC1(c2ccccc2)CCOCC1)c1ccccc1N(Cc1ccccc1)S(=O)(=O)c1ccccc1. The van der Waals surface area contributed by atoms with Gasteiger partial charge in [0.2, 0.25) is 0 Å².